The van der Waals surface area contributed by atoms with Gasteiger partial charge in [-0.05, 0) is 37.1 Å². The summed E-state index contributed by atoms with van der Waals surface area (Å²) in [4.78, 5) is 42.0. The molecule has 0 radical (unpaired) electrons. The van der Waals surface area contributed by atoms with Crippen LogP contribution in [0.1, 0.15) is 91.8 Å². The summed E-state index contributed by atoms with van der Waals surface area (Å²) in [7, 11) is 0. The van der Waals surface area contributed by atoms with E-state index < -0.39 is 29.8 Å². The molecule has 1 atom stereocenters. The van der Waals surface area contributed by atoms with Gasteiger partial charge in [0.1, 0.15) is 0 Å². The van der Waals surface area contributed by atoms with E-state index in [0.29, 0.717) is 0 Å². The van der Waals surface area contributed by atoms with Gasteiger partial charge in [-0.1, -0.05) is 64.0 Å². The van der Waals surface area contributed by atoms with E-state index in [1.165, 1.54) is 68.9 Å². The van der Waals surface area contributed by atoms with E-state index in [-0.39, 0.29) is 17.5 Å². The molecule has 32 heavy (non-hydrogen) atoms. The lowest BCUT2D eigenvalue weighted by molar-refractivity contribution is -0.146. The van der Waals surface area contributed by atoms with Gasteiger partial charge in [0.2, 0.25) is 0 Å². The summed E-state index contributed by atoms with van der Waals surface area (Å²) in [6, 6.07) is 5.02. The zero-order valence-electron chi connectivity index (χ0n) is 18.5. The van der Waals surface area contributed by atoms with Gasteiger partial charge in [-0.25, -0.2) is 9.59 Å². The van der Waals surface area contributed by atoms with E-state index in [2.05, 4.69) is 6.92 Å². The van der Waals surface area contributed by atoms with E-state index in [4.69, 9.17) is 20.4 Å². The number of aromatic carboxylic acids is 2. The van der Waals surface area contributed by atoms with E-state index in [9.17, 15) is 19.2 Å². The van der Waals surface area contributed by atoms with Crippen LogP contribution in [-0.2, 0) is 9.59 Å². The molecule has 0 aliphatic carbocycles. The number of aliphatic carboxylic acids is 2. The first kappa shape index (κ1) is 28.8. The molecule has 1 rings (SSSR count). The van der Waals surface area contributed by atoms with Crippen molar-refractivity contribution in [3.05, 3.63) is 47.5 Å². The van der Waals surface area contributed by atoms with Crippen molar-refractivity contribution >= 4 is 23.9 Å². The van der Waals surface area contributed by atoms with Crippen LogP contribution in [0.3, 0.4) is 0 Å². The van der Waals surface area contributed by atoms with Crippen LogP contribution in [0.5, 0.6) is 0 Å². The fourth-order valence-corrected chi connectivity index (χ4v) is 2.84. The molecule has 0 spiro atoms. The molecule has 0 saturated carbocycles. The summed E-state index contributed by atoms with van der Waals surface area (Å²) in [6.45, 7) is 2.21. The lowest BCUT2D eigenvalue weighted by Crippen LogP contribution is -2.15. The van der Waals surface area contributed by atoms with Gasteiger partial charge in [0.25, 0.3) is 0 Å². The van der Waals surface area contributed by atoms with Crippen LogP contribution in [0.4, 0.5) is 0 Å². The number of carboxylic acid groups (broad SMARTS) is 4. The van der Waals surface area contributed by atoms with E-state index in [1.54, 1.807) is 6.08 Å². The number of carbonyl (C=O) groups is 4. The Morgan fingerprint density at radius 2 is 1.19 bits per heavy atom. The summed E-state index contributed by atoms with van der Waals surface area (Å²) in [5, 5.41) is 34.4. The van der Waals surface area contributed by atoms with Crippen molar-refractivity contribution in [2.75, 3.05) is 0 Å². The second-order valence-corrected chi connectivity index (χ2v) is 7.42. The maximum absolute atomic E-state index is 10.8. The van der Waals surface area contributed by atoms with Crippen LogP contribution in [0.2, 0.25) is 0 Å². The van der Waals surface area contributed by atoms with E-state index >= 15 is 0 Å². The summed E-state index contributed by atoms with van der Waals surface area (Å²) in [5.74, 6) is -5.17. The molecule has 178 valence electrons. The first-order chi connectivity index (χ1) is 15.2. The third kappa shape index (κ3) is 14.8. The molecule has 0 amide bonds. The quantitative estimate of drug-likeness (QED) is 0.207. The number of carboxylic acids is 4. The molecule has 8 nitrogen and oxygen atoms in total. The molecule has 0 bridgehead atoms. The standard InChI is InChI=1S/C16H28O4.C8H6O4/c1-2-3-4-5-6-7-8-9-10-11-12-14(16(19)20)13-15(17)18;9-7(10)5-1-2-6(4-3-5)8(11)12/h11-12,14H,2-10,13H2,1H3,(H,17,18)(H,19,20);1-4H,(H,9,10)(H,11,12). The van der Waals surface area contributed by atoms with Gasteiger partial charge >= 0.3 is 23.9 Å². The Hall–Kier alpha value is -3.16. The number of rotatable bonds is 15. The number of allylic oxidation sites excluding steroid dienone is 1. The summed E-state index contributed by atoms with van der Waals surface area (Å²) >= 11 is 0. The molecule has 1 unspecified atom stereocenters. The van der Waals surface area contributed by atoms with Crippen molar-refractivity contribution in [2.45, 2.75) is 71.1 Å². The van der Waals surface area contributed by atoms with Crippen molar-refractivity contribution in [1.29, 1.82) is 0 Å². The van der Waals surface area contributed by atoms with E-state index in [0.717, 1.165) is 19.3 Å². The average molecular weight is 451 g/mol. The van der Waals surface area contributed by atoms with Crippen molar-refractivity contribution in [3.8, 4) is 0 Å². The van der Waals surface area contributed by atoms with Gasteiger partial charge in [0.15, 0.2) is 0 Å². The fraction of sp³-hybridized carbons (Fsp3) is 0.500. The van der Waals surface area contributed by atoms with Gasteiger partial charge < -0.3 is 20.4 Å². The molecule has 1 aromatic carbocycles. The minimum absolute atomic E-state index is 0.0833. The first-order valence-corrected chi connectivity index (χ1v) is 10.9. The van der Waals surface area contributed by atoms with Gasteiger partial charge in [-0.2, -0.15) is 0 Å². The normalized spacial score (nSPS) is 11.4. The van der Waals surface area contributed by atoms with Crippen LogP contribution < -0.4 is 0 Å². The van der Waals surface area contributed by atoms with Gasteiger partial charge in [0.05, 0.1) is 23.5 Å². The van der Waals surface area contributed by atoms with Gasteiger partial charge in [0, 0.05) is 0 Å². The van der Waals surface area contributed by atoms with Crippen LogP contribution >= 0.6 is 0 Å². The molecule has 0 aromatic heterocycles. The van der Waals surface area contributed by atoms with Crippen molar-refractivity contribution < 1.29 is 39.6 Å². The summed E-state index contributed by atoms with van der Waals surface area (Å²) in [5.41, 5.74) is 0.167. The molecular formula is C24H34O8. The molecule has 1 aromatic rings. The minimum atomic E-state index is -1.07. The third-order valence-corrected chi connectivity index (χ3v) is 4.68. The number of hydrogen-bond donors (Lipinski definition) is 4. The Labute approximate surface area is 188 Å². The lowest BCUT2D eigenvalue weighted by Gasteiger charge is -2.03. The summed E-state index contributed by atoms with van der Waals surface area (Å²) in [6.07, 6.45) is 13.7. The number of hydrogen-bond acceptors (Lipinski definition) is 4. The maximum Gasteiger partial charge on any atom is 0.335 e. The molecular weight excluding hydrogens is 416 g/mol. The third-order valence-electron chi connectivity index (χ3n) is 4.68. The molecule has 0 fully saturated rings. The predicted octanol–water partition coefficient (Wildman–Crippen LogP) is 5.33. The second kappa shape index (κ2) is 17.5. The van der Waals surface area contributed by atoms with E-state index in [1.807, 2.05) is 0 Å². The first-order valence-electron chi connectivity index (χ1n) is 10.9. The summed E-state index contributed by atoms with van der Waals surface area (Å²) < 4.78 is 0. The average Bonchev–Trinajstić information content (AvgIpc) is 2.74. The van der Waals surface area contributed by atoms with Crippen molar-refractivity contribution in [2.24, 2.45) is 5.92 Å². The predicted molar refractivity (Wildman–Crippen MR) is 120 cm³/mol. The van der Waals surface area contributed by atoms with Crippen LogP contribution in [0.15, 0.2) is 36.4 Å². The second-order valence-electron chi connectivity index (χ2n) is 7.42. The monoisotopic (exact) mass is 450 g/mol. The molecule has 0 aliphatic rings. The largest absolute Gasteiger partial charge is 0.481 e. The maximum atomic E-state index is 10.8. The topological polar surface area (TPSA) is 149 Å². The number of unbranched alkanes of at least 4 members (excludes halogenated alkanes) is 8. The Morgan fingerprint density at radius 1 is 0.750 bits per heavy atom. The molecule has 8 heteroatoms. The molecule has 4 N–H and O–H groups in total. The fourth-order valence-electron chi connectivity index (χ4n) is 2.84. The van der Waals surface area contributed by atoms with Gasteiger partial charge in [-0.3, -0.25) is 9.59 Å². The highest BCUT2D eigenvalue weighted by Gasteiger charge is 2.17. The Balaban J connectivity index is 0.000000677. The highest BCUT2D eigenvalue weighted by atomic mass is 16.4. The SMILES string of the molecule is CCCCCCCCCCC=CC(CC(=O)O)C(=O)O.O=C(O)c1ccc(C(=O)O)cc1. The minimum Gasteiger partial charge on any atom is -0.481 e. The Morgan fingerprint density at radius 3 is 1.56 bits per heavy atom. The van der Waals surface area contributed by atoms with Crippen LogP contribution in [0.25, 0.3) is 0 Å². The zero-order chi connectivity index (χ0) is 24.4. The zero-order valence-corrected chi connectivity index (χ0v) is 18.5. The highest BCUT2D eigenvalue weighted by molar-refractivity contribution is 5.91. The van der Waals surface area contributed by atoms with Crippen LogP contribution in [0, 0.1) is 5.92 Å². The van der Waals surface area contributed by atoms with Crippen molar-refractivity contribution in [1.82, 2.24) is 0 Å². The Bertz CT molecular complexity index is 704. The molecule has 0 aliphatic heterocycles. The van der Waals surface area contributed by atoms with Crippen molar-refractivity contribution in [3.63, 3.8) is 0 Å². The van der Waals surface area contributed by atoms with Crippen LogP contribution in [-0.4, -0.2) is 44.3 Å². The van der Waals surface area contributed by atoms with Gasteiger partial charge in [-0.15, -0.1) is 0 Å². The molecule has 0 heterocycles. The highest BCUT2D eigenvalue weighted by Crippen LogP contribution is 2.11. The Kier molecular flexibility index (Phi) is 15.8. The lowest BCUT2D eigenvalue weighted by atomic mass is 10.0. The number of benzene rings is 1. The smallest absolute Gasteiger partial charge is 0.335 e. The molecule has 0 saturated heterocycles.